The Morgan fingerprint density at radius 2 is 1.67 bits per heavy atom. The predicted octanol–water partition coefficient (Wildman–Crippen LogP) is 5.41. The summed E-state index contributed by atoms with van der Waals surface area (Å²) in [5.74, 6) is 12.5. The SMILES string of the molecule is CC.CC#Cc1ccc(C#CC2=CC=C(C)CC2)c(C)c1. The van der Waals surface area contributed by atoms with Crippen LogP contribution in [0.2, 0.25) is 0 Å². The average Bonchev–Trinajstić information content (AvgIpc) is 2.50. The molecule has 1 aromatic rings. The van der Waals surface area contributed by atoms with E-state index in [1.165, 1.54) is 16.7 Å². The Balaban J connectivity index is 0.00000106. The number of allylic oxidation sites excluding steroid dienone is 4. The van der Waals surface area contributed by atoms with Crippen molar-refractivity contribution in [1.82, 2.24) is 0 Å². The highest BCUT2D eigenvalue weighted by Crippen LogP contribution is 2.17. The van der Waals surface area contributed by atoms with Crippen molar-refractivity contribution in [3.63, 3.8) is 0 Å². The minimum atomic E-state index is 1.06. The highest BCUT2D eigenvalue weighted by molar-refractivity contribution is 5.50. The molecule has 0 bridgehead atoms. The summed E-state index contributed by atoms with van der Waals surface area (Å²) in [5, 5.41) is 0. The number of benzene rings is 1. The molecule has 0 spiro atoms. The maximum absolute atomic E-state index is 3.28. The Hall–Kier alpha value is -2.18. The van der Waals surface area contributed by atoms with Gasteiger partial charge in [0.2, 0.25) is 0 Å². The quantitative estimate of drug-likeness (QED) is 0.556. The van der Waals surface area contributed by atoms with E-state index in [9.17, 15) is 0 Å². The minimum Gasteiger partial charge on any atom is -0.101 e. The second-order valence-electron chi connectivity index (χ2n) is 4.86. The van der Waals surface area contributed by atoms with Gasteiger partial charge < -0.3 is 0 Å². The van der Waals surface area contributed by atoms with E-state index in [1.807, 2.05) is 26.8 Å². The van der Waals surface area contributed by atoms with Crippen LogP contribution in [0.15, 0.2) is 41.5 Å². The summed E-state index contributed by atoms with van der Waals surface area (Å²) < 4.78 is 0. The molecule has 0 unspecified atom stereocenters. The first-order valence-electron chi connectivity index (χ1n) is 7.61. The van der Waals surface area contributed by atoms with E-state index in [-0.39, 0.29) is 0 Å². The minimum absolute atomic E-state index is 1.06. The van der Waals surface area contributed by atoms with Crippen LogP contribution in [0, 0.1) is 30.6 Å². The summed E-state index contributed by atoms with van der Waals surface area (Å²) in [5.41, 5.74) is 6.00. The third-order valence-corrected chi connectivity index (χ3v) is 3.21. The molecule has 0 N–H and O–H groups in total. The van der Waals surface area contributed by atoms with Crippen molar-refractivity contribution >= 4 is 0 Å². The Kier molecular flexibility index (Phi) is 7.14. The summed E-state index contributed by atoms with van der Waals surface area (Å²) in [4.78, 5) is 0. The summed E-state index contributed by atoms with van der Waals surface area (Å²) >= 11 is 0. The largest absolute Gasteiger partial charge is 0.101 e. The zero-order chi connectivity index (χ0) is 15.7. The smallest absolute Gasteiger partial charge is 0.0279 e. The molecular weight excluding hydrogens is 252 g/mol. The molecular formula is C21H24. The predicted molar refractivity (Wildman–Crippen MR) is 93.0 cm³/mol. The number of rotatable bonds is 0. The van der Waals surface area contributed by atoms with Crippen LogP contribution >= 0.6 is 0 Å². The van der Waals surface area contributed by atoms with Crippen LogP contribution in [-0.2, 0) is 0 Å². The van der Waals surface area contributed by atoms with Gasteiger partial charge >= 0.3 is 0 Å². The molecule has 2 rings (SSSR count). The van der Waals surface area contributed by atoms with E-state index in [1.54, 1.807) is 0 Å². The van der Waals surface area contributed by atoms with Crippen LogP contribution in [0.5, 0.6) is 0 Å². The van der Waals surface area contributed by atoms with Gasteiger partial charge in [0.1, 0.15) is 0 Å². The van der Waals surface area contributed by atoms with Gasteiger partial charge in [0.25, 0.3) is 0 Å². The average molecular weight is 276 g/mol. The van der Waals surface area contributed by atoms with Crippen molar-refractivity contribution < 1.29 is 0 Å². The first kappa shape index (κ1) is 16.9. The first-order chi connectivity index (χ1) is 10.2. The third-order valence-electron chi connectivity index (χ3n) is 3.21. The Labute approximate surface area is 130 Å². The fraction of sp³-hybridized carbons (Fsp3) is 0.333. The van der Waals surface area contributed by atoms with Crippen molar-refractivity contribution in [2.45, 2.75) is 47.5 Å². The van der Waals surface area contributed by atoms with Gasteiger partial charge in [-0.3, -0.25) is 0 Å². The lowest BCUT2D eigenvalue weighted by molar-refractivity contribution is 0.934. The van der Waals surface area contributed by atoms with Crippen LogP contribution in [-0.4, -0.2) is 0 Å². The second kappa shape index (κ2) is 8.89. The zero-order valence-corrected chi connectivity index (χ0v) is 13.8. The highest BCUT2D eigenvalue weighted by Gasteiger charge is 2.00. The molecule has 1 aliphatic carbocycles. The number of hydrogen-bond donors (Lipinski definition) is 0. The van der Waals surface area contributed by atoms with Crippen molar-refractivity contribution in [3.05, 3.63) is 58.2 Å². The molecule has 108 valence electrons. The summed E-state index contributed by atoms with van der Waals surface area (Å²) in [6, 6.07) is 6.19. The van der Waals surface area contributed by atoms with Crippen LogP contribution in [0.4, 0.5) is 0 Å². The first-order valence-corrected chi connectivity index (χ1v) is 7.61. The Bertz CT molecular complexity index is 661. The lowest BCUT2D eigenvalue weighted by Crippen LogP contribution is -1.89. The molecule has 0 saturated carbocycles. The molecule has 1 aliphatic rings. The van der Waals surface area contributed by atoms with Gasteiger partial charge in [-0.05, 0) is 57.4 Å². The second-order valence-corrected chi connectivity index (χ2v) is 4.86. The van der Waals surface area contributed by atoms with Crippen LogP contribution in [0.25, 0.3) is 0 Å². The van der Waals surface area contributed by atoms with E-state index in [2.05, 4.69) is 61.8 Å². The normalized spacial score (nSPS) is 12.4. The third kappa shape index (κ3) is 5.37. The van der Waals surface area contributed by atoms with E-state index < -0.39 is 0 Å². The van der Waals surface area contributed by atoms with Gasteiger partial charge in [-0.2, -0.15) is 0 Å². The maximum atomic E-state index is 3.28. The van der Waals surface area contributed by atoms with Gasteiger partial charge in [-0.15, -0.1) is 5.92 Å². The van der Waals surface area contributed by atoms with Gasteiger partial charge in [0.05, 0.1) is 0 Å². The van der Waals surface area contributed by atoms with Gasteiger partial charge in [-0.25, -0.2) is 0 Å². The van der Waals surface area contributed by atoms with Crippen molar-refractivity contribution in [3.8, 4) is 23.7 Å². The molecule has 21 heavy (non-hydrogen) atoms. The van der Waals surface area contributed by atoms with Crippen molar-refractivity contribution in [2.75, 3.05) is 0 Å². The molecule has 0 nitrogen and oxygen atoms in total. The summed E-state index contributed by atoms with van der Waals surface area (Å²) in [6.45, 7) is 10.1. The fourth-order valence-electron chi connectivity index (χ4n) is 2.02. The van der Waals surface area contributed by atoms with Gasteiger partial charge in [0, 0.05) is 16.7 Å². The molecule has 0 fully saturated rings. The summed E-state index contributed by atoms with van der Waals surface area (Å²) in [7, 11) is 0. The maximum Gasteiger partial charge on any atom is 0.0279 e. The molecule has 0 radical (unpaired) electrons. The number of hydrogen-bond acceptors (Lipinski definition) is 0. The molecule has 0 aromatic heterocycles. The van der Waals surface area contributed by atoms with E-state index >= 15 is 0 Å². The lowest BCUT2D eigenvalue weighted by Gasteiger charge is -2.06. The molecule has 0 saturated heterocycles. The fourth-order valence-corrected chi connectivity index (χ4v) is 2.02. The molecule has 0 aliphatic heterocycles. The Morgan fingerprint density at radius 1 is 0.905 bits per heavy atom. The van der Waals surface area contributed by atoms with Gasteiger partial charge in [0.15, 0.2) is 0 Å². The van der Waals surface area contributed by atoms with Crippen molar-refractivity contribution in [2.24, 2.45) is 0 Å². The summed E-state index contributed by atoms with van der Waals surface area (Å²) in [6.07, 6.45) is 6.50. The number of aryl methyl sites for hydroxylation is 1. The monoisotopic (exact) mass is 276 g/mol. The standard InChI is InChI=1S/C19H18.C2H6/c1-4-5-18-11-13-19(16(3)14-18)12-10-17-8-6-15(2)7-9-17;1-2/h6,8,11,13-14H,7,9H2,1-3H3;1-2H3. The van der Waals surface area contributed by atoms with Crippen LogP contribution < -0.4 is 0 Å². The molecule has 0 heterocycles. The molecule has 0 heteroatoms. The molecule has 0 atom stereocenters. The Morgan fingerprint density at radius 3 is 2.24 bits per heavy atom. The molecule has 0 amide bonds. The van der Waals surface area contributed by atoms with Crippen molar-refractivity contribution in [1.29, 1.82) is 0 Å². The van der Waals surface area contributed by atoms with E-state index in [0.29, 0.717) is 0 Å². The topological polar surface area (TPSA) is 0 Å². The van der Waals surface area contributed by atoms with E-state index in [4.69, 9.17) is 0 Å². The molecule has 1 aromatic carbocycles. The highest BCUT2D eigenvalue weighted by atomic mass is 14.0. The zero-order valence-electron chi connectivity index (χ0n) is 13.8. The van der Waals surface area contributed by atoms with Crippen LogP contribution in [0.3, 0.4) is 0 Å². The van der Waals surface area contributed by atoms with E-state index in [0.717, 1.165) is 24.0 Å². The van der Waals surface area contributed by atoms with Gasteiger partial charge in [-0.1, -0.05) is 49.3 Å². The lowest BCUT2D eigenvalue weighted by atomic mass is 9.99. The van der Waals surface area contributed by atoms with Crippen LogP contribution in [0.1, 0.15) is 57.2 Å².